The highest BCUT2D eigenvalue weighted by Crippen LogP contribution is 2.41. The highest BCUT2D eigenvalue weighted by atomic mass is 32.1. The fourth-order valence-electron chi connectivity index (χ4n) is 2.35. The summed E-state index contributed by atoms with van der Waals surface area (Å²) in [6, 6.07) is 3.56. The molecule has 0 fully saturated rings. The van der Waals surface area contributed by atoms with Gasteiger partial charge in [-0.25, -0.2) is 4.98 Å². The van der Waals surface area contributed by atoms with E-state index in [4.69, 9.17) is 14.2 Å². The lowest BCUT2D eigenvalue weighted by Crippen LogP contribution is -1.97. The summed E-state index contributed by atoms with van der Waals surface area (Å²) >= 11 is 1.47. The van der Waals surface area contributed by atoms with Crippen LogP contribution < -0.4 is 14.2 Å². The molecule has 2 heterocycles. The van der Waals surface area contributed by atoms with Crippen LogP contribution in [0.25, 0.3) is 16.2 Å². The summed E-state index contributed by atoms with van der Waals surface area (Å²) in [7, 11) is 4.64. The predicted molar refractivity (Wildman–Crippen MR) is 83.5 cm³/mol. The van der Waals surface area contributed by atoms with Crippen LogP contribution in [0.3, 0.4) is 0 Å². The number of nitrogens with zero attached hydrogens (tertiary/aromatic N) is 2. The van der Waals surface area contributed by atoms with E-state index in [9.17, 15) is 4.79 Å². The van der Waals surface area contributed by atoms with Crippen LogP contribution >= 0.6 is 11.3 Å². The number of rotatable bonds is 5. The SMILES string of the molecule is COc1cc(-c2nc3sccn3c2C=O)cc(OC)c1OC. The van der Waals surface area contributed by atoms with Gasteiger partial charge in [0.25, 0.3) is 0 Å². The molecule has 0 unspecified atom stereocenters. The van der Waals surface area contributed by atoms with Crippen molar-refractivity contribution in [3.05, 3.63) is 29.4 Å². The zero-order valence-corrected chi connectivity index (χ0v) is 13.1. The van der Waals surface area contributed by atoms with E-state index in [1.807, 2.05) is 11.6 Å². The first-order valence-corrected chi connectivity index (χ1v) is 7.32. The van der Waals surface area contributed by atoms with Crippen molar-refractivity contribution in [3.8, 4) is 28.5 Å². The van der Waals surface area contributed by atoms with Crippen LogP contribution in [-0.2, 0) is 0 Å². The van der Waals surface area contributed by atoms with Gasteiger partial charge in [-0.15, -0.1) is 11.3 Å². The van der Waals surface area contributed by atoms with Gasteiger partial charge >= 0.3 is 0 Å². The molecule has 0 bridgehead atoms. The number of hydrogen-bond acceptors (Lipinski definition) is 6. The molecule has 0 aliphatic rings. The van der Waals surface area contributed by atoms with E-state index in [2.05, 4.69) is 4.98 Å². The molecule has 22 heavy (non-hydrogen) atoms. The summed E-state index contributed by atoms with van der Waals surface area (Å²) in [5, 5.41) is 1.88. The van der Waals surface area contributed by atoms with Crippen molar-refractivity contribution in [2.45, 2.75) is 0 Å². The van der Waals surface area contributed by atoms with Crippen molar-refractivity contribution in [3.63, 3.8) is 0 Å². The molecular weight excluding hydrogens is 304 g/mol. The third-order valence-corrected chi connectivity index (χ3v) is 4.11. The maximum absolute atomic E-state index is 11.5. The predicted octanol–water partition coefficient (Wildman–Crippen LogP) is 2.90. The lowest BCUT2D eigenvalue weighted by atomic mass is 10.1. The second kappa shape index (κ2) is 5.69. The number of fused-ring (bicyclic) bond motifs is 1. The van der Waals surface area contributed by atoms with Crippen LogP contribution in [-0.4, -0.2) is 37.0 Å². The van der Waals surface area contributed by atoms with E-state index in [0.29, 0.717) is 28.6 Å². The Bertz CT molecular complexity index is 812. The van der Waals surface area contributed by atoms with E-state index in [0.717, 1.165) is 16.8 Å². The van der Waals surface area contributed by atoms with Gasteiger partial charge in [-0.2, -0.15) is 0 Å². The first-order chi connectivity index (χ1) is 10.7. The van der Waals surface area contributed by atoms with Crippen molar-refractivity contribution in [1.82, 2.24) is 9.38 Å². The van der Waals surface area contributed by atoms with Gasteiger partial charge in [0.1, 0.15) is 11.4 Å². The lowest BCUT2D eigenvalue weighted by molar-refractivity contribution is 0.111. The Morgan fingerprint density at radius 2 is 1.82 bits per heavy atom. The van der Waals surface area contributed by atoms with Gasteiger partial charge in [0, 0.05) is 17.1 Å². The number of aldehydes is 1. The number of thiazole rings is 1. The van der Waals surface area contributed by atoms with Crippen molar-refractivity contribution in [2.75, 3.05) is 21.3 Å². The Morgan fingerprint density at radius 1 is 1.14 bits per heavy atom. The maximum Gasteiger partial charge on any atom is 0.203 e. The van der Waals surface area contributed by atoms with Crippen molar-refractivity contribution < 1.29 is 19.0 Å². The molecule has 0 saturated carbocycles. The first kappa shape index (κ1) is 14.4. The minimum absolute atomic E-state index is 0.491. The molecule has 0 atom stereocenters. The summed E-state index contributed by atoms with van der Waals surface area (Å²) in [5.74, 6) is 1.54. The highest BCUT2D eigenvalue weighted by molar-refractivity contribution is 7.15. The smallest absolute Gasteiger partial charge is 0.203 e. The molecule has 0 amide bonds. The molecule has 3 rings (SSSR count). The molecule has 2 aromatic heterocycles. The van der Waals surface area contributed by atoms with Crippen LogP contribution in [0.2, 0.25) is 0 Å². The van der Waals surface area contributed by atoms with E-state index >= 15 is 0 Å². The van der Waals surface area contributed by atoms with Crippen LogP contribution in [0, 0.1) is 0 Å². The molecule has 114 valence electrons. The van der Waals surface area contributed by atoms with Crippen LogP contribution in [0.1, 0.15) is 10.5 Å². The van der Waals surface area contributed by atoms with E-state index in [-0.39, 0.29) is 0 Å². The topological polar surface area (TPSA) is 62.1 Å². The standard InChI is InChI=1S/C15H14N2O4S/c1-19-11-6-9(7-12(20-2)14(11)21-3)13-10(8-18)17-4-5-22-15(17)16-13/h4-8H,1-3H3. The molecule has 1 aromatic carbocycles. The second-order valence-electron chi connectivity index (χ2n) is 4.43. The number of hydrogen-bond donors (Lipinski definition) is 0. The Balaban J connectivity index is 2.25. The zero-order valence-electron chi connectivity index (χ0n) is 12.3. The number of methoxy groups -OCH3 is 3. The molecule has 0 N–H and O–H groups in total. The summed E-state index contributed by atoms with van der Waals surface area (Å²) in [6.45, 7) is 0. The van der Waals surface area contributed by atoms with Gasteiger partial charge in [0.2, 0.25) is 5.75 Å². The summed E-state index contributed by atoms with van der Waals surface area (Å²) < 4.78 is 17.8. The number of carbonyl (C=O) groups is 1. The van der Waals surface area contributed by atoms with Crippen molar-refractivity contribution in [1.29, 1.82) is 0 Å². The Hall–Kier alpha value is -2.54. The third kappa shape index (κ3) is 2.10. The number of aromatic nitrogens is 2. The molecule has 0 aliphatic carbocycles. The zero-order chi connectivity index (χ0) is 15.7. The average molecular weight is 318 g/mol. The summed E-state index contributed by atoms with van der Waals surface area (Å²) in [5.41, 5.74) is 1.80. The van der Waals surface area contributed by atoms with Gasteiger partial charge in [-0.05, 0) is 12.1 Å². The fourth-order valence-corrected chi connectivity index (χ4v) is 3.07. The molecule has 0 aliphatic heterocycles. The maximum atomic E-state index is 11.5. The minimum Gasteiger partial charge on any atom is -0.493 e. The minimum atomic E-state index is 0.491. The molecule has 0 radical (unpaired) electrons. The quantitative estimate of drug-likeness (QED) is 0.677. The molecular formula is C15H14N2O4S. The van der Waals surface area contributed by atoms with Crippen molar-refractivity contribution in [2.24, 2.45) is 0 Å². The highest BCUT2D eigenvalue weighted by Gasteiger charge is 2.19. The largest absolute Gasteiger partial charge is 0.493 e. The Morgan fingerprint density at radius 3 is 2.36 bits per heavy atom. The Labute approximate surface area is 130 Å². The number of benzene rings is 1. The molecule has 3 aromatic rings. The molecule has 0 saturated heterocycles. The first-order valence-electron chi connectivity index (χ1n) is 6.44. The fraction of sp³-hybridized carbons (Fsp3) is 0.200. The number of imidazole rings is 1. The molecule has 6 nitrogen and oxygen atoms in total. The van der Waals surface area contributed by atoms with Gasteiger partial charge in [-0.3, -0.25) is 9.20 Å². The van der Waals surface area contributed by atoms with E-state index in [1.54, 1.807) is 37.9 Å². The lowest BCUT2D eigenvalue weighted by Gasteiger charge is -2.13. The van der Waals surface area contributed by atoms with Gasteiger partial charge in [0.05, 0.1) is 21.3 Å². The van der Waals surface area contributed by atoms with Gasteiger partial charge in [-0.1, -0.05) is 0 Å². The van der Waals surface area contributed by atoms with E-state index < -0.39 is 0 Å². The molecule has 7 heteroatoms. The monoisotopic (exact) mass is 318 g/mol. The normalized spacial score (nSPS) is 10.7. The van der Waals surface area contributed by atoms with Crippen LogP contribution in [0.5, 0.6) is 17.2 Å². The Kier molecular flexibility index (Phi) is 3.72. The molecule has 0 spiro atoms. The second-order valence-corrected chi connectivity index (χ2v) is 5.31. The third-order valence-electron chi connectivity index (χ3n) is 3.35. The number of ether oxygens (including phenoxy) is 3. The van der Waals surface area contributed by atoms with Crippen molar-refractivity contribution >= 4 is 22.6 Å². The summed E-state index contributed by atoms with van der Waals surface area (Å²) in [4.78, 5) is 16.7. The van der Waals surface area contributed by atoms with Gasteiger partial charge < -0.3 is 14.2 Å². The van der Waals surface area contributed by atoms with Gasteiger partial charge in [0.15, 0.2) is 22.7 Å². The van der Waals surface area contributed by atoms with Crippen LogP contribution in [0.15, 0.2) is 23.7 Å². The summed E-state index contributed by atoms with van der Waals surface area (Å²) in [6.07, 6.45) is 2.61. The van der Waals surface area contributed by atoms with Crippen LogP contribution in [0.4, 0.5) is 0 Å². The number of carbonyl (C=O) groups excluding carboxylic acids is 1. The average Bonchev–Trinajstić information content (AvgIpc) is 3.13. The van der Waals surface area contributed by atoms with E-state index in [1.165, 1.54) is 11.3 Å².